The highest BCUT2D eigenvalue weighted by Gasteiger charge is 2.49. The number of carbonyl (C=O) groups is 3. The topological polar surface area (TPSA) is 108 Å². The zero-order valence-corrected chi connectivity index (χ0v) is 16.8. The van der Waals surface area contributed by atoms with Gasteiger partial charge in [0.2, 0.25) is 17.7 Å². The van der Waals surface area contributed by atoms with Gasteiger partial charge in [-0.1, -0.05) is 6.92 Å². The number of carbonyl (C=O) groups excluding carboxylic acids is 3. The number of piperazine rings is 1. The number of H-pyrrole nitrogens is 1. The van der Waals surface area contributed by atoms with E-state index in [-0.39, 0.29) is 48.2 Å². The first-order chi connectivity index (χ1) is 14.1. The molecule has 29 heavy (non-hydrogen) atoms. The Kier molecular flexibility index (Phi) is 5.84. The summed E-state index contributed by atoms with van der Waals surface area (Å²) in [5.74, 6) is -0.343. The second-order valence-corrected chi connectivity index (χ2v) is 8.18. The average Bonchev–Trinajstić information content (AvgIpc) is 3.39. The number of hydrogen-bond donors (Lipinski definition) is 2. The standard InChI is InChI=1S/C20H29N5O4/c1-2-17-16(19(27)21-10-14-3-6-22-23-14)9-15-11-24(12-18(26)25(15)17)20(28)13-4-7-29-8-5-13/h3,6,13,15-17H,2,4-5,7-12H2,1H3,(H,21,27)(H,22,23)/t15-,16-,17-/m0/s1. The van der Waals surface area contributed by atoms with Crippen LogP contribution in [0.2, 0.25) is 0 Å². The van der Waals surface area contributed by atoms with Crippen molar-refractivity contribution < 1.29 is 19.1 Å². The van der Waals surface area contributed by atoms with Crippen LogP contribution in [0.1, 0.15) is 38.3 Å². The minimum atomic E-state index is -0.255. The van der Waals surface area contributed by atoms with Crippen molar-refractivity contribution in [1.29, 1.82) is 0 Å². The molecule has 1 aromatic rings. The average molecular weight is 403 g/mol. The normalized spacial score (nSPS) is 27.8. The van der Waals surface area contributed by atoms with Crippen LogP contribution < -0.4 is 5.32 Å². The van der Waals surface area contributed by atoms with Crippen molar-refractivity contribution in [2.75, 3.05) is 26.3 Å². The second kappa shape index (κ2) is 8.52. The molecule has 0 spiro atoms. The van der Waals surface area contributed by atoms with Crippen LogP contribution in [0.15, 0.2) is 12.3 Å². The number of nitrogens with zero attached hydrogens (tertiary/aromatic N) is 3. The van der Waals surface area contributed by atoms with Crippen LogP contribution in [-0.4, -0.2) is 76.1 Å². The van der Waals surface area contributed by atoms with Crippen LogP contribution in [0.5, 0.6) is 0 Å². The molecule has 0 aromatic carbocycles. The molecule has 3 aliphatic rings. The van der Waals surface area contributed by atoms with E-state index in [0.717, 1.165) is 12.1 Å². The van der Waals surface area contributed by atoms with Crippen LogP contribution in [0.4, 0.5) is 0 Å². The summed E-state index contributed by atoms with van der Waals surface area (Å²) in [6, 6.07) is 1.61. The molecule has 0 radical (unpaired) electrons. The van der Waals surface area contributed by atoms with Crippen LogP contribution in [0.3, 0.4) is 0 Å². The molecule has 1 aromatic heterocycles. The van der Waals surface area contributed by atoms with Gasteiger partial charge in [-0.3, -0.25) is 19.5 Å². The third-order valence-electron chi connectivity index (χ3n) is 6.44. The van der Waals surface area contributed by atoms with E-state index in [1.54, 1.807) is 11.1 Å². The lowest BCUT2D eigenvalue weighted by atomic mass is 9.95. The van der Waals surface area contributed by atoms with Crippen molar-refractivity contribution in [2.24, 2.45) is 11.8 Å². The van der Waals surface area contributed by atoms with Gasteiger partial charge in [-0.15, -0.1) is 0 Å². The number of fused-ring (bicyclic) bond motifs is 1. The molecule has 3 atom stereocenters. The molecule has 3 amide bonds. The molecule has 4 heterocycles. The van der Waals surface area contributed by atoms with E-state index >= 15 is 0 Å². The smallest absolute Gasteiger partial charge is 0.242 e. The Morgan fingerprint density at radius 1 is 1.34 bits per heavy atom. The molecule has 0 saturated carbocycles. The molecule has 9 heteroatoms. The maximum atomic E-state index is 12.9. The van der Waals surface area contributed by atoms with Crippen molar-refractivity contribution in [1.82, 2.24) is 25.3 Å². The molecule has 0 bridgehead atoms. The van der Waals surface area contributed by atoms with Gasteiger partial charge < -0.3 is 19.9 Å². The van der Waals surface area contributed by atoms with Gasteiger partial charge in [0, 0.05) is 37.9 Å². The largest absolute Gasteiger partial charge is 0.381 e. The maximum absolute atomic E-state index is 12.9. The Balaban J connectivity index is 1.41. The van der Waals surface area contributed by atoms with E-state index in [4.69, 9.17) is 4.74 Å². The predicted octanol–water partition coefficient (Wildman–Crippen LogP) is 0.290. The fraction of sp³-hybridized carbons (Fsp3) is 0.700. The van der Waals surface area contributed by atoms with Gasteiger partial charge in [0.05, 0.1) is 30.7 Å². The van der Waals surface area contributed by atoms with Gasteiger partial charge in [-0.25, -0.2) is 0 Å². The SMILES string of the molecule is CC[C@H]1[C@@H](C(=O)NCc2ccn[nH]2)C[C@H]2CN(C(=O)C3CCOCC3)CC(=O)N21. The second-order valence-electron chi connectivity index (χ2n) is 8.18. The fourth-order valence-corrected chi connectivity index (χ4v) is 4.97. The highest BCUT2D eigenvalue weighted by molar-refractivity contribution is 5.89. The molecule has 0 unspecified atom stereocenters. The summed E-state index contributed by atoms with van der Waals surface area (Å²) in [6.45, 7) is 4.23. The van der Waals surface area contributed by atoms with E-state index in [2.05, 4.69) is 15.5 Å². The van der Waals surface area contributed by atoms with Crippen molar-refractivity contribution in [2.45, 2.75) is 51.2 Å². The van der Waals surface area contributed by atoms with E-state index in [1.165, 1.54) is 0 Å². The Hall–Kier alpha value is -2.42. The van der Waals surface area contributed by atoms with E-state index in [0.29, 0.717) is 45.6 Å². The zero-order valence-electron chi connectivity index (χ0n) is 16.8. The lowest BCUT2D eigenvalue weighted by Crippen LogP contribution is -2.58. The number of ether oxygens (including phenoxy) is 1. The Labute approximate surface area is 170 Å². The van der Waals surface area contributed by atoms with Crippen LogP contribution in [0.25, 0.3) is 0 Å². The van der Waals surface area contributed by atoms with Gasteiger partial charge in [-0.05, 0) is 31.7 Å². The monoisotopic (exact) mass is 403 g/mol. The molecule has 158 valence electrons. The first kappa shape index (κ1) is 19.9. The van der Waals surface area contributed by atoms with Gasteiger partial charge in [0.15, 0.2) is 0 Å². The summed E-state index contributed by atoms with van der Waals surface area (Å²) >= 11 is 0. The van der Waals surface area contributed by atoms with Crippen LogP contribution in [-0.2, 0) is 25.7 Å². The number of hydrogen-bond acceptors (Lipinski definition) is 5. The number of rotatable bonds is 5. The Morgan fingerprint density at radius 3 is 2.83 bits per heavy atom. The molecular weight excluding hydrogens is 374 g/mol. The highest BCUT2D eigenvalue weighted by Crippen LogP contribution is 2.35. The first-order valence-electron chi connectivity index (χ1n) is 10.5. The summed E-state index contributed by atoms with van der Waals surface area (Å²) in [5.41, 5.74) is 0.839. The summed E-state index contributed by atoms with van der Waals surface area (Å²) in [5, 5.41) is 9.68. The van der Waals surface area contributed by atoms with Crippen LogP contribution in [0, 0.1) is 11.8 Å². The predicted molar refractivity (Wildman–Crippen MR) is 103 cm³/mol. The number of amides is 3. The van der Waals surface area contributed by atoms with E-state index in [1.807, 2.05) is 17.9 Å². The summed E-state index contributed by atoms with van der Waals surface area (Å²) in [7, 11) is 0. The van der Waals surface area contributed by atoms with E-state index < -0.39 is 0 Å². The molecule has 0 aliphatic carbocycles. The molecule has 9 nitrogen and oxygen atoms in total. The lowest BCUT2D eigenvalue weighted by molar-refractivity contribution is -0.152. The summed E-state index contributed by atoms with van der Waals surface area (Å²) in [4.78, 5) is 42.2. The minimum Gasteiger partial charge on any atom is -0.381 e. The Bertz CT molecular complexity index is 746. The number of nitrogens with one attached hydrogen (secondary N) is 2. The van der Waals surface area contributed by atoms with E-state index in [9.17, 15) is 14.4 Å². The van der Waals surface area contributed by atoms with Gasteiger partial charge in [-0.2, -0.15) is 5.10 Å². The third kappa shape index (κ3) is 4.01. The molecule has 4 rings (SSSR count). The molecule has 2 N–H and O–H groups in total. The lowest BCUT2D eigenvalue weighted by Gasteiger charge is -2.41. The fourth-order valence-electron chi connectivity index (χ4n) is 4.97. The third-order valence-corrected chi connectivity index (χ3v) is 6.44. The molecule has 3 aliphatic heterocycles. The van der Waals surface area contributed by atoms with Crippen molar-refractivity contribution >= 4 is 17.7 Å². The number of aromatic amines is 1. The van der Waals surface area contributed by atoms with Crippen molar-refractivity contribution in [3.8, 4) is 0 Å². The Morgan fingerprint density at radius 2 is 2.14 bits per heavy atom. The summed E-state index contributed by atoms with van der Waals surface area (Å²) < 4.78 is 5.35. The quantitative estimate of drug-likeness (QED) is 0.735. The van der Waals surface area contributed by atoms with Gasteiger partial charge >= 0.3 is 0 Å². The van der Waals surface area contributed by atoms with Crippen molar-refractivity contribution in [3.63, 3.8) is 0 Å². The molecule has 3 fully saturated rings. The van der Waals surface area contributed by atoms with Gasteiger partial charge in [0.1, 0.15) is 0 Å². The maximum Gasteiger partial charge on any atom is 0.242 e. The zero-order chi connectivity index (χ0) is 20.4. The summed E-state index contributed by atoms with van der Waals surface area (Å²) in [6.07, 6.45) is 4.39. The molecular formula is C20H29N5O4. The minimum absolute atomic E-state index is 0.0441. The number of aromatic nitrogens is 2. The van der Waals surface area contributed by atoms with Crippen LogP contribution >= 0.6 is 0 Å². The van der Waals surface area contributed by atoms with Crippen molar-refractivity contribution in [3.05, 3.63) is 18.0 Å². The molecule has 3 saturated heterocycles. The van der Waals surface area contributed by atoms with Gasteiger partial charge in [0.25, 0.3) is 0 Å². The first-order valence-corrected chi connectivity index (χ1v) is 10.5. The highest BCUT2D eigenvalue weighted by atomic mass is 16.5.